The molecule has 1 aromatic carbocycles. The molecule has 0 bridgehead atoms. The van der Waals surface area contributed by atoms with E-state index in [4.69, 9.17) is 0 Å². The van der Waals surface area contributed by atoms with E-state index in [1.54, 1.807) is 36.0 Å². The van der Waals surface area contributed by atoms with Crippen molar-refractivity contribution in [3.63, 3.8) is 0 Å². The highest BCUT2D eigenvalue weighted by atomic mass is 32.2. The average molecular weight is 280 g/mol. The summed E-state index contributed by atoms with van der Waals surface area (Å²) in [5, 5.41) is 5.50. The predicted octanol–water partition coefficient (Wildman–Crippen LogP) is 3.12. The second kappa shape index (κ2) is 6.61. The Morgan fingerprint density at radius 1 is 1.16 bits per heavy atom. The standard InChI is InChI=1S/C14H20N2O2S/c1-10(17)15-11-6-5-7-12(8-11)16-13(18)9-19-14(2,3)4/h5-8H,9H2,1-4H3,(H,15,17)(H,16,18). The minimum absolute atomic E-state index is 0.0418. The van der Waals surface area contributed by atoms with Gasteiger partial charge in [0.25, 0.3) is 0 Å². The van der Waals surface area contributed by atoms with Gasteiger partial charge in [-0.1, -0.05) is 26.8 Å². The summed E-state index contributed by atoms with van der Waals surface area (Å²) in [4.78, 5) is 22.7. The third kappa shape index (κ3) is 6.86. The van der Waals surface area contributed by atoms with E-state index < -0.39 is 0 Å². The fourth-order valence-corrected chi connectivity index (χ4v) is 1.99. The molecule has 0 aromatic heterocycles. The number of rotatable bonds is 4. The molecule has 0 atom stereocenters. The Kier molecular flexibility index (Phi) is 5.42. The lowest BCUT2D eigenvalue weighted by molar-refractivity contribution is -0.114. The number of nitrogens with one attached hydrogen (secondary N) is 2. The van der Waals surface area contributed by atoms with Crippen LogP contribution >= 0.6 is 11.8 Å². The van der Waals surface area contributed by atoms with Crippen LogP contribution in [0.15, 0.2) is 24.3 Å². The zero-order valence-electron chi connectivity index (χ0n) is 11.7. The molecule has 0 aliphatic rings. The Bertz CT molecular complexity index is 467. The van der Waals surface area contributed by atoms with Gasteiger partial charge >= 0.3 is 0 Å². The minimum Gasteiger partial charge on any atom is -0.326 e. The maximum absolute atomic E-state index is 11.8. The molecule has 0 unspecified atom stereocenters. The lowest BCUT2D eigenvalue weighted by Crippen LogP contribution is -2.19. The summed E-state index contributed by atoms with van der Waals surface area (Å²) in [5.41, 5.74) is 1.36. The van der Waals surface area contributed by atoms with Crippen molar-refractivity contribution in [1.82, 2.24) is 0 Å². The van der Waals surface area contributed by atoms with Crippen LogP contribution in [0.4, 0.5) is 11.4 Å². The van der Waals surface area contributed by atoms with Crippen LogP contribution in [0.25, 0.3) is 0 Å². The Labute approximate surface area is 118 Å². The van der Waals surface area contributed by atoms with Gasteiger partial charge in [0.1, 0.15) is 0 Å². The molecular weight excluding hydrogens is 260 g/mol. The zero-order chi connectivity index (χ0) is 14.5. The van der Waals surface area contributed by atoms with Gasteiger partial charge in [-0.05, 0) is 18.2 Å². The zero-order valence-corrected chi connectivity index (χ0v) is 12.6. The molecule has 0 saturated carbocycles. The molecule has 0 aliphatic heterocycles. The van der Waals surface area contributed by atoms with Crippen LogP contribution in [0.3, 0.4) is 0 Å². The second-order valence-electron chi connectivity index (χ2n) is 5.21. The SMILES string of the molecule is CC(=O)Nc1cccc(NC(=O)CSC(C)(C)C)c1. The second-order valence-corrected chi connectivity index (χ2v) is 7.01. The molecule has 0 fully saturated rings. The van der Waals surface area contributed by atoms with Gasteiger partial charge in [-0.3, -0.25) is 9.59 Å². The van der Waals surface area contributed by atoms with E-state index in [9.17, 15) is 9.59 Å². The number of hydrogen-bond donors (Lipinski definition) is 2. The van der Waals surface area contributed by atoms with E-state index in [-0.39, 0.29) is 16.6 Å². The fraction of sp³-hybridized carbons (Fsp3) is 0.429. The molecule has 0 heterocycles. The molecule has 5 heteroatoms. The molecule has 0 saturated heterocycles. The van der Waals surface area contributed by atoms with Gasteiger partial charge in [0.15, 0.2) is 0 Å². The summed E-state index contributed by atoms with van der Waals surface area (Å²) in [5.74, 6) is 0.236. The van der Waals surface area contributed by atoms with Crippen molar-refractivity contribution in [1.29, 1.82) is 0 Å². The summed E-state index contributed by atoms with van der Waals surface area (Å²) in [6, 6.07) is 7.10. The van der Waals surface area contributed by atoms with Crippen molar-refractivity contribution in [2.75, 3.05) is 16.4 Å². The average Bonchev–Trinajstić information content (AvgIpc) is 2.25. The third-order valence-electron chi connectivity index (χ3n) is 2.10. The minimum atomic E-state index is -0.133. The normalized spacial score (nSPS) is 10.9. The van der Waals surface area contributed by atoms with E-state index in [0.717, 1.165) is 0 Å². The molecule has 104 valence electrons. The van der Waals surface area contributed by atoms with Gasteiger partial charge in [-0.2, -0.15) is 0 Å². The van der Waals surface area contributed by atoms with Crippen LogP contribution < -0.4 is 10.6 Å². The first-order valence-electron chi connectivity index (χ1n) is 6.08. The maximum Gasteiger partial charge on any atom is 0.234 e. The Morgan fingerprint density at radius 2 is 1.74 bits per heavy atom. The molecule has 1 aromatic rings. The first kappa shape index (κ1) is 15.6. The number of amides is 2. The molecule has 0 aliphatic carbocycles. The molecule has 1 rings (SSSR count). The number of carbonyl (C=O) groups is 2. The van der Waals surface area contributed by atoms with Crippen LogP contribution in [-0.4, -0.2) is 22.3 Å². The highest BCUT2D eigenvalue weighted by molar-refractivity contribution is 8.01. The summed E-state index contributed by atoms with van der Waals surface area (Å²) in [6.07, 6.45) is 0. The van der Waals surface area contributed by atoms with Gasteiger partial charge in [-0.25, -0.2) is 0 Å². The smallest absolute Gasteiger partial charge is 0.234 e. The van der Waals surface area contributed by atoms with Gasteiger partial charge in [0.05, 0.1) is 5.75 Å². The van der Waals surface area contributed by atoms with Gasteiger partial charge in [-0.15, -0.1) is 11.8 Å². The van der Waals surface area contributed by atoms with Crippen LogP contribution in [0.2, 0.25) is 0 Å². The van der Waals surface area contributed by atoms with Gasteiger partial charge in [0.2, 0.25) is 11.8 Å². The number of thioether (sulfide) groups is 1. The van der Waals surface area contributed by atoms with E-state index in [1.165, 1.54) is 6.92 Å². The van der Waals surface area contributed by atoms with E-state index in [2.05, 4.69) is 31.4 Å². The van der Waals surface area contributed by atoms with Crippen LogP contribution in [0.5, 0.6) is 0 Å². The molecule has 19 heavy (non-hydrogen) atoms. The molecular formula is C14H20N2O2S. The van der Waals surface area contributed by atoms with Crippen LogP contribution in [0, 0.1) is 0 Å². The number of benzene rings is 1. The summed E-state index contributed by atoms with van der Waals surface area (Å²) >= 11 is 1.59. The van der Waals surface area contributed by atoms with Crippen molar-refractivity contribution in [3.05, 3.63) is 24.3 Å². The Balaban J connectivity index is 2.57. The fourth-order valence-electron chi connectivity index (χ4n) is 1.36. The first-order valence-corrected chi connectivity index (χ1v) is 7.06. The summed E-state index contributed by atoms with van der Waals surface area (Å²) < 4.78 is 0.0649. The lowest BCUT2D eigenvalue weighted by atomic mass is 10.2. The quantitative estimate of drug-likeness (QED) is 0.891. The molecule has 4 nitrogen and oxygen atoms in total. The summed E-state index contributed by atoms with van der Waals surface area (Å²) in [7, 11) is 0. The molecule has 0 radical (unpaired) electrons. The largest absolute Gasteiger partial charge is 0.326 e. The van der Waals surface area contributed by atoms with Crippen molar-refractivity contribution in [2.24, 2.45) is 0 Å². The Hall–Kier alpha value is -1.49. The highest BCUT2D eigenvalue weighted by Crippen LogP contribution is 2.23. The van der Waals surface area contributed by atoms with Crippen LogP contribution in [0.1, 0.15) is 27.7 Å². The predicted molar refractivity (Wildman–Crippen MR) is 81.6 cm³/mol. The van der Waals surface area contributed by atoms with Crippen molar-refractivity contribution in [3.8, 4) is 0 Å². The van der Waals surface area contributed by atoms with Crippen molar-refractivity contribution >= 4 is 35.0 Å². The molecule has 2 amide bonds. The van der Waals surface area contributed by atoms with Crippen LogP contribution in [-0.2, 0) is 9.59 Å². The monoisotopic (exact) mass is 280 g/mol. The summed E-state index contributed by atoms with van der Waals surface area (Å²) in [6.45, 7) is 7.66. The number of carbonyl (C=O) groups excluding carboxylic acids is 2. The van der Waals surface area contributed by atoms with E-state index in [1.807, 2.05) is 0 Å². The Morgan fingerprint density at radius 3 is 2.26 bits per heavy atom. The number of anilines is 2. The topological polar surface area (TPSA) is 58.2 Å². The van der Waals surface area contributed by atoms with Gasteiger partial charge < -0.3 is 10.6 Å². The van der Waals surface area contributed by atoms with Crippen molar-refractivity contribution in [2.45, 2.75) is 32.4 Å². The third-order valence-corrected chi connectivity index (χ3v) is 3.38. The van der Waals surface area contributed by atoms with E-state index >= 15 is 0 Å². The number of hydrogen-bond acceptors (Lipinski definition) is 3. The lowest BCUT2D eigenvalue weighted by Gasteiger charge is -2.17. The van der Waals surface area contributed by atoms with E-state index in [0.29, 0.717) is 17.1 Å². The molecule has 0 spiro atoms. The maximum atomic E-state index is 11.8. The molecule has 2 N–H and O–H groups in total. The van der Waals surface area contributed by atoms with Crippen molar-refractivity contribution < 1.29 is 9.59 Å². The highest BCUT2D eigenvalue weighted by Gasteiger charge is 2.13. The first-order chi connectivity index (χ1) is 8.76. The van der Waals surface area contributed by atoms with Gasteiger partial charge in [0, 0.05) is 23.0 Å².